The summed E-state index contributed by atoms with van der Waals surface area (Å²) in [7, 11) is 0. The van der Waals surface area contributed by atoms with E-state index in [4.69, 9.17) is 17.0 Å². The summed E-state index contributed by atoms with van der Waals surface area (Å²) in [6.45, 7) is 2.34. The molecule has 3 rings (SSSR count). The minimum atomic E-state index is 0.0687. The molecule has 1 heterocycles. The van der Waals surface area contributed by atoms with E-state index in [-0.39, 0.29) is 5.75 Å². The van der Waals surface area contributed by atoms with Gasteiger partial charge in [-0.25, -0.2) is 0 Å². The zero-order valence-corrected chi connectivity index (χ0v) is 13.8. The fourth-order valence-electron chi connectivity index (χ4n) is 3.18. The second-order valence-corrected chi connectivity index (χ2v) is 5.97. The van der Waals surface area contributed by atoms with Gasteiger partial charge >= 0.3 is 0 Å². The number of nitriles is 1. The van der Waals surface area contributed by atoms with Crippen LogP contribution >= 0.6 is 12.2 Å². The monoisotopic (exact) mass is 326 g/mol. The Bertz CT molecular complexity index is 849. The van der Waals surface area contributed by atoms with Crippen LogP contribution in [0.2, 0.25) is 0 Å². The number of pyridine rings is 1. The summed E-state index contributed by atoms with van der Waals surface area (Å²) < 4.78 is 5.91. The molecule has 5 heteroatoms. The van der Waals surface area contributed by atoms with Crippen molar-refractivity contribution in [1.29, 1.82) is 5.26 Å². The van der Waals surface area contributed by atoms with Crippen molar-refractivity contribution in [1.82, 2.24) is 4.98 Å². The predicted octanol–water partition coefficient (Wildman–Crippen LogP) is 4.27. The Labute approximate surface area is 140 Å². The molecule has 0 saturated carbocycles. The number of aromatic amines is 1. The maximum absolute atomic E-state index is 10.6. The Kier molecular flexibility index (Phi) is 4.35. The second kappa shape index (κ2) is 6.43. The molecule has 0 atom stereocenters. The Balaban J connectivity index is 2.32. The lowest BCUT2D eigenvalue weighted by Crippen LogP contribution is -2.09. The van der Waals surface area contributed by atoms with Gasteiger partial charge < -0.3 is 14.8 Å². The summed E-state index contributed by atoms with van der Waals surface area (Å²) in [6, 6.07) is 7.58. The molecular weight excluding hydrogens is 308 g/mol. The van der Waals surface area contributed by atoms with Crippen LogP contribution in [0.25, 0.3) is 11.1 Å². The topological polar surface area (TPSA) is 69.0 Å². The maximum Gasteiger partial charge on any atom is 0.165 e. The highest BCUT2D eigenvalue weighted by Gasteiger charge is 2.22. The number of nitrogens with zero attached hydrogens (tertiary/aromatic N) is 1. The Morgan fingerprint density at radius 2 is 2.13 bits per heavy atom. The Morgan fingerprint density at radius 3 is 2.87 bits per heavy atom. The molecule has 1 aromatic carbocycles. The van der Waals surface area contributed by atoms with Crippen molar-refractivity contribution in [3.8, 4) is 28.7 Å². The van der Waals surface area contributed by atoms with Gasteiger partial charge in [0.2, 0.25) is 0 Å². The van der Waals surface area contributed by atoms with Gasteiger partial charge in [-0.15, -0.1) is 0 Å². The SMILES string of the molecule is CCOc1cccc(-c2c3c([nH]c(=S)c2C#N)CCCC3)c1O. The number of benzene rings is 1. The number of hydrogen-bond acceptors (Lipinski definition) is 4. The molecule has 0 aliphatic heterocycles. The lowest BCUT2D eigenvalue weighted by molar-refractivity contribution is 0.318. The molecule has 0 amide bonds. The maximum atomic E-state index is 10.6. The molecule has 23 heavy (non-hydrogen) atoms. The lowest BCUT2D eigenvalue weighted by Gasteiger charge is -2.21. The van der Waals surface area contributed by atoms with Crippen molar-refractivity contribution in [2.45, 2.75) is 32.6 Å². The summed E-state index contributed by atoms with van der Waals surface area (Å²) >= 11 is 5.36. The fourth-order valence-corrected chi connectivity index (χ4v) is 3.45. The van der Waals surface area contributed by atoms with Crippen LogP contribution in [0.1, 0.15) is 36.6 Å². The molecule has 1 aliphatic carbocycles. The van der Waals surface area contributed by atoms with Crippen molar-refractivity contribution in [2.75, 3.05) is 6.61 Å². The van der Waals surface area contributed by atoms with Gasteiger partial charge in [-0.1, -0.05) is 24.4 Å². The highest BCUT2D eigenvalue weighted by molar-refractivity contribution is 7.71. The van der Waals surface area contributed by atoms with Crippen molar-refractivity contribution >= 4 is 12.2 Å². The number of phenolic OH excluding ortho intramolecular Hbond substituents is 1. The quantitative estimate of drug-likeness (QED) is 0.827. The molecule has 0 bridgehead atoms. The molecule has 0 unspecified atom stereocenters. The molecule has 118 valence electrons. The van der Waals surface area contributed by atoms with Gasteiger partial charge in [0, 0.05) is 16.8 Å². The van der Waals surface area contributed by atoms with Gasteiger partial charge in [-0.05, 0) is 44.2 Å². The van der Waals surface area contributed by atoms with Crippen LogP contribution in [-0.4, -0.2) is 16.7 Å². The van der Waals surface area contributed by atoms with Crippen molar-refractivity contribution in [3.05, 3.63) is 39.7 Å². The molecule has 2 aromatic rings. The van der Waals surface area contributed by atoms with Crippen LogP contribution in [0.3, 0.4) is 0 Å². The van der Waals surface area contributed by atoms with Gasteiger partial charge in [0.05, 0.1) is 12.2 Å². The zero-order chi connectivity index (χ0) is 16.4. The summed E-state index contributed by atoms with van der Waals surface area (Å²) in [6.07, 6.45) is 3.98. The molecule has 1 aromatic heterocycles. The van der Waals surface area contributed by atoms with E-state index < -0.39 is 0 Å². The molecule has 1 aliphatic rings. The first-order valence-corrected chi connectivity index (χ1v) is 8.21. The molecular formula is C18H18N2O2S. The first kappa shape index (κ1) is 15.6. The van der Waals surface area contributed by atoms with Crippen LogP contribution in [0.15, 0.2) is 18.2 Å². The van der Waals surface area contributed by atoms with E-state index in [0.717, 1.165) is 42.5 Å². The molecule has 4 nitrogen and oxygen atoms in total. The normalized spacial score (nSPS) is 13.2. The Hall–Kier alpha value is -2.32. The minimum Gasteiger partial charge on any atom is -0.504 e. The number of hydrogen-bond donors (Lipinski definition) is 2. The first-order valence-electron chi connectivity index (χ1n) is 7.80. The lowest BCUT2D eigenvalue weighted by atomic mass is 9.86. The van der Waals surface area contributed by atoms with Gasteiger partial charge in [0.15, 0.2) is 11.5 Å². The van der Waals surface area contributed by atoms with Gasteiger partial charge in [0.25, 0.3) is 0 Å². The smallest absolute Gasteiger partial charge is 0.165 e. The molecule has 0 spiro atoms. The minimum absolute atomic E-state index is 0.0687. The van der Waals surface area contributed by atoms with Crippen LogP contribution in [-0.2, 0) is 12.8 Å². The van der Waals surface area contributed by atoms with E-state index in [9.17, 15) is 10.4 Å². The number of nitrogens with one attached hydrogen (secondary N) is 1. The van der Waals surface area contributed by atoms with E-state index in [1.54, 1.807) is 6.07 Å². The fraction of sp³-hybridized carbons (Fsp3) is 0.333. The number of ether oxygens (including phenoxy) is 1. The predicted molar refractivity (Wildman–Crippen MR) is 91.3 cm³/mol. The van der Waals surface area contributed by atoms with Crippen LogP contribution in [0.5, 0.6) is 11.5 Å². The highest BCUT2D eigenvalue weighted by atomic mass is 32.1. The Morgan fingerprint density at radius 1 is 1.35 bits per heavy atom. The van der Waals surface area contributed by atoms with E-state index in [0.29, 0.717) is 28.1 Å². The molecule has 0 radical (unpaired) electrons. The number of rotatable bonds is 3. The highest BCUT2D eigenvalue weighted by Crippen LogP contribution is 2.42. The third kappa shape index (κ3) is 2.71. The summed E-state index contributed by atoms with van der Waals surface area (Å²) in [4.78, 5) is 3.20. The number of aryl methyl sites for hydroxylation is 1. The first-order chi connectivity index (χ1) is 11.2. The molecule has 2 N–H and O–H groups in total. The van der Waals surface area contributed by atoms with Gasteiger partial charge in [-0.3, -0.25) is 0 Å². The van der Waals surface area contributed by atoms with Gasteiger partial charge in [0.1, 0.15) is 10.7 Å². The van der Waals surface area contributed by atoms with Crippen molar-refractivity contribution in [2.24, 2.45) is 0 Å². The summed E-state index contributed by atoms with van der Waals surface area (Å²) in [5.41, 5.74) is 3.96. The standard InChI is InChI=1S/C18H18N2O2S/c1-2-22-15-9-5-7-12(17(15)21)16-11-6-3-4-8-14(11)20-18(23)13(16)10-19/h5,7,9,21H,2-4,6,8H2,1H3,(H,20,23). The summed E-state index contributed by atoms with van der Waals surface area (Å²) in [5.74, 6) is 0.497. The van der Waals surface area contributed by atoms with Crippen LogP contribution in [0.4, 0.5) is 0 Å². The molecule has 0 fully saturated rings. The van der Waals surface area contributed by atoms with Crippen molar-refractivity contribution < 1.29 is 9.84 Å². The number of fused-ring (bicyclic) bond motifs is 1. The number of phenols is 1. The number of H-pyrrole nitrogens is 1. The third-order valence-corrected chi connectivity index (χ3v) is 4.50. The van der Waals surface area contributed by atoms with E-state index in [1.807, 2.05) is 19.1 Å². The summed E-state index contributed by atoms with van der Waals surface area (Å²) in [5, 5.41) is 20.2. The third-order valence-electron chi connectivity index (χ3n) is 4.19. The average Bonchev–Trinajstić information content (AvgIpc) is 2.56. The largest absolute Gasteiger partial charge is 0.504 e. The number of para-hydroxylation sites is 1. The van der Waals surface area contributed by atoms with E-state index >= 15 is 0 Å². The second-order valence-electron chi connectivity index (χ2n) is 5.57. The van der Waals surface area contributed by atoms with E-state index in [2.05, 4.69) is 11.1 Å². The molecule has 0 saturated heterocycles. The zero-order valence-electron chi connectivity index (χ0n) is 13.0. The number of aromatic hydroxyl groups is 1. The van der Waals surface area contributed by atoms with E-state index in [1.165, 1.54) is 0 Å². The van der Waals surface area contributed by atoms with Crippen molar-refractivity contribution in [3.63, 3.8) is 0 Å². The van der Waals surface area contributed by atoms with Crippen LogP contribution < -0.4 is 4.74 Å². The average molecular weight is 326 g/mol. The van der Waals surface area contributed by atoms with Crippen LogP contribution in [0, 0.1) is 16.0 Å². The van der Waals surface area contributed by atoms with Gasteiger partial charge in [-0.2, -0.15) is 5.26 Å². The number of aromatic nitrogens is 1.